The Balaban J connectivity index is 2.20. The van der Waals surface area contributed by atoms with Gasteiger partial charge in [0.05, 0.1) is 29.7 Å². The first-order chi connectivity index (χ1) is 11.0. The quantitative estimate of drug-likeness (QED) is 0.830. The molecule has 7 heteroatoms. The van der Waals surface area contributed by atoms with Crippen LogP contribution in [0.2, 0.25) is 0 Å². The van der Waals surface area contributed by atoms with Gasteiger partial charge in [-0.2, -0.15) is 0 Å². The van der Waals surface area contributed by atoms with E-state index in [1.165, 1.54) is 11.3 Å². The molecule has 0 aromatic carbocycles. The van der Waals surface area contributed by atoms with E-state index < -0.39 is 0 Å². The summed E-state index contributed by atoms with van der Waals surface area (Å²) in [7, 11) is 0. The highest BCUT2D eigenvalue weighted by molar-refractivity contribution is 7.20. The summed E-state index contributed by atoms with van der Waals surface area (Å²) in [5.41, 5.74) is 7.30. The van der Waals surface area contributed by atoms with Crippen LogP contribution in [0.1, 0.15) is 42.6 Å². The summed E-state index contributed by atoms with van der Waals surface area (Å²) >= 11 is 1.38. The summed E-state index contributed by atoms with van der Waals surface area (Å²) in [6.45, 7) is 7.62. The maximum absolute atomic E-state index is 12.1. The topological polar surface area (TPSA) is 81.9 Å². The van der Waals surface area contributed by atoms with E-state index >= 15 is 0 Å². The summed E-state index contributed by atoms with van der Waals surface area (Å²) in [5.74, 6) is -0.661. The van der Waals surface area contributed by atoms with Crippen molar-refractivity contribution in [3.63, 3.8) is 0 Å². The number of carbonyl (C=O) groups is 2. The van der Waals surface area contributed by atoms with Gasteiger partial charge in [0.1, 0.15) is 5.00 Å². The van der Waals surface area contributed by atoms with Crippen LogP contribution in [0.15, 0.2) is 0 Å². The number of carbonyl (C=O) groups excluding carboxylic acids is 2. The Bertz CT molecular complexity index is 585. The summed E-state index contributed by atoms with van der Waals surface area (Å²) in [6.07, 6.45) is 1.75. The molecule has 1 fully saturated rings. The first-order valence-electron chi connectivity index (χ1n) is 7.97. The summed E-state index contributed by atoms with van der Waals surface area (Å²) in [5, 5.41) is 1.41. The van der Waals surface area contributed by atoms with Gasteiger partial charge in [0, 0.05) is 18.7 Å². The third-order valence-electron chi connectivity index (χ3n) is 3.96. The highest BCUT2D eigenvalue weighted by atomic mass is 32.1. The van der Waals surface area contributed by atoms with Gasteiger partial charge in [0.2, 0.25) is 0 Å². The Morgan fingerprint density at radius 3 is 2.65 bits per heavy atom. The maximum Gasteiger partial charge on any atom is 0.341 e. The number of rotatable bonds is 5. The van der Waals surface area contributed by atoms with Crippen LogP contribution in [0.5, 0.6) is 0 Å². The van der Waals surface area contributed by atoms with Gasteiger partial charge in [0.15, 0.2) is 0 Å². The van der Waals surface area contributed by atoms with Crippen LogP contribution < -0.4 is 10.6 Å². The highest BCUT2D eigenvalue weighted by Crippen LogP contribution is 2.39. The van der Waals surface area contributed by atoms with Crippen LogP contribution in [-0.4, -0.2) is 38.2 Å². The second kappa shape index (κ2) is 7.68. The summed E-state index contributed by atoms with van der Waals surface area (Å²) in [6, 6.07) is 0. The molecular formula is C16H24N2O4S. The minimum Gasteiger partial charge on any atom is -0.466 e. The molecule has 2 heterocycles. The lowest BCUT2D eigenvalue weighted by atomic mass is 9.98. The van der Waals surface area contributed by atoms with Crippen molar-refractivity contribution >= 4 is 33.3 Å². The predicted octanol–water partition coefficient (Wildman–Crippen LogP) is 2.59. The first kappa shape index (κ1) is 17.6. The fraction of sp³-hybridized carbons (Fsp3) is 0.625. The van der Waals surface area contributed by atoms with Crippen LogP contribution >= 0.6 is 11.3 Å². The molecule has 1 aromatic rings. The second-order valence-electron chi connectivity index (χ2n) is 5.53. The van der Waals surface area contributed by atoms with Gasteiger partial charge in [-0.25, -0.2) is 4.79 Å². The standard InChI is InChI=1S/C16H24N2O4S/c1-4-21-15(19)11-7-6-8-18(9-11)14-10(3)12(13(17)23-14)16(20)22-5-2/h11H,4-9,17H2,1-3H3. The number of piperidine rings is 1. The average molecular weight is 340 g/mol. The van der Waals surface area contributed by atoms with E-state index in [9.17, 15) is 9.59 Å². The number of nitrogen functional groups attached to an aromatic ring is 1. The number of nitrogens with two attached hydrogens (primary N) is 1. The fourth-order valence-corrected chi connectivity index (χ4v) is 3.99. The van der Waals surface area contributed by atoms with E-state index in [1.54, 1.807) is 6.92 Å². The lowest BCUT2D eigenvalue weighted by molar-refractivity contribution is -0.148. The van der Waals surface area contributed by atoms with E-state index in [1.807, 2.05) is 13.8 Å². The van der Waals surface area contributed by atoms with E-state index in [-0.39, 0.29) is 17.9 Å². The minimum absolute atomic E-state index is 0.127. The van der Waals surface area contributed by atoms with Crippen LogP contribution in [0, 0.1) is 12.8 Å². The molecule has 1 aliphatic heterocycles. The number of anilines is 2. The van der Waals surface area contributed by atoms with Crippen molar-refractivity contribution in [1.82, 2.24) is 0 Å². The van der Waals surface area contributed by atoms with Gasteiger partial charge in [-0.3, -0.25) is 4.79 Å². The number of hydrogen-bond donors (Lipinski definition) is 1. The molecule has 0 bridgehead atoms. The van der Waals surface area contributed by atoms with Crippen LogP contribution in [0.4, 0.5) is 10.0 Å². The molecule has 1 aromatic heterocycles. The summed E-state index contributed by atoms with van der Waals surface area (Å²) < 4.78 is 10.2. The molecule has 0 radical (unpaired) electrons. The number of nitrogens with zero attached hydrogens (tertiary/aromatic N) is 1. The van der Waals surface area contributed by atoms with Crippen LogP contribution in [0.25, 0.3) is 0 Å². The van der Waals surface area contributed by atoms with Gasteiger partial charge in [0.25, 0.3) is 0 Å². The first-order valence-corrected chi connectivity index (χ1v) is 8.78. The van der Waals surface area contributed by atoms with Crippen molar-refractivity contribution in [1.29, 1.82) is 0 Å². The minimum atomic E-state index is -0.385. The van der Waals surface area contributed by atoms with Gasteiger partial charge in [-0.15, -0.1) is 11.3 Å². The zero-order valence-corrected chi connectivity index (χ0v) is 14.7. The van der Waals surface area contributed by atoms with Gasteiger partial charge >= 0.3 is 11.9 Å². The molecule has 1 saturated heterocycles. The van der Waals surface area contributed by atoms with Gasteiger partial charge < -0.3 is 20.1 Å². The Hall–Kier alpha value is -1.76. The lowest BCUT2D eigenvalue weighted by Crippen LogP contribution is -2.39. The number of ether oxygens (including phenoxy) is 2. The molecule has 128 valence electrons. The third kappa shape index (κ3) is 3.77. The zero-order valence-electron chi connectivity index (χ0n) is 13.9. The smallest absolute Gasteiger partial charge is 0.341 e. The molecule has 0 spiro atoms. The molecule has 1 aliphatic rings. The van der Waals surface area contributed by atoms with Crippen molar-refractivity contribution in [3.8, 4) is 0 Å². The molecule has 2 N–H and O–H groups in total. The van der Waals surface area contributed by atoms with E-state index in [0.29, 0.717) is 30.3 Å². The molecule has 1 atom stereocenters. The molecule has 6 nitrogen and oxygen atoms in total. The van der Waals surface area contributed by atoms with Gasteiger partial charge in [-0.1, -0.05) is 0 Å². The van der Waals surface area contributed by atoms with Crippen LogP contribution in [-0.2, 0) is 14.3 Å². The summed E-state index contributed by atoms with van der Waals surface area (Å²) in [4.78, 5) is 26.2. The van der Waals surface area contributed by atoms with Crippen molar-refractivity contribution in [2.75, 3.05) is 36.9 Å². The highest BCUT2D eigenvalue weighted by Gasteiger charge is 2.30. The number of thiophene rings is 1. The monoisotopic (exact) mass is 340 g/mol. The van der Waals surface area contributed by atoms with Crippen molar-refractivity contribution in [2.24, 2.45) is 5.92 Å². The molecule has 0 saturated carbocycles. The predicted molar refractivity (Wildman–Crippen MR) is 91.0 cm³/mol. The van der Waals surface area contributed by atoms with E-state index in [2.05, 4.69) is 4.90 Å². The van der Waals surface area contributed by atoms with E-state index in [0.717, 1.165) is 30.0 Å². The Kier molecular flexibility index (Phi) is 5.87. The van der Waals surface area contributed by atoms with Crippen molar-refractivity contribution in [2.45, 2.75) is 33.6 Å². The molecule has 0 amide bonds. The largest absolute Gasteiger partial charge is 0.466 e. The normalized spacial score (nSPS) is 17.9. The van der Waals surface area contributed by atoms with Crippen molar-refractivity contribution < 1.29 is 19.1 Å². The van der Waals surface area contributed by atoms with E-state index in [4.69, 9.17) is 15.2 Å². The van der Waals surface area contributed by atoms with Crippen LogP contribution in [0.3, 0.4) is 0 Å². The second-order valence-corrected chi connectivity index (χ2v) is 6.56. The third-order valence-corrected chi connectivity index (χ3v) is 5.14. The molecular weight excluding hydrogens is 316 g/mol. The van der Waals surface area contributed by atoms with Gasteiger partial charge in [-0.05, 0) is 33.6 Å². The molecule has 23 heavy (non-hydrogen) atoms. The maximum atomic E-state index is 12.1. The Morgan fingerprint density at radius 1 is 1.30 bits per heavy atom. The zero-order chi connectivity index (χ0) is 17.0. The molecule has 1 unspecified atom stereocenters. The molecule has 2 rings (SSSR count). The number of esters is 2. The molecule has 0 aliphatic carbocycles. The fourth-order valence-electron chi connectivity index (χ4n) is 2.90. The average Bonchev–Trinajstić information content (AvgIpc) is 2.83. The van der Waals surface area contributed by atoms with Crippen molar-refractivity contribution in [3.05, 3.63) is 11.1 Å². The Labute approximate surface area is 140 Å². The SMILES string of the molecule is CCOC(=O)c1c(N)sc(N2CCCC(C(=O)OCC)C2)c1C. The number of hydrogen-bond acceptors (Lipinski definition) is 7. The lowest BCUT2D eigenvalue weighted by Gasteiger charge is -2.32. The Morgan fingerprint density at radius 2 is 2.00 bits per heavy atom.